The first kappa shape index (κ1) is 20.5. The Kier molecular flexibility index (Phi) is 7.28. The number of ether oxygens (including phenoxy) is 1. The van der Waals surface area contributed by atoms with Crippen LogP contribution in [0, 0.1) is 13.8 Å². The minimum absolute atomic E-state index is 0.0856. The van der Waals surface area contributed by atoms with Gasteiger partial charge in [-0.05, 0) is 61.6 Å². The summed E-state index contributed by atoms with van der Waals surface area (Å²) in [5, 5.41) is 6.16. The summed E-state index contributed by atoms with van der Waals surface area (Å²) in [6, 6.07) is 24.0. The molecule has 0 aliphatic rings. The van der Waals surface area contributed by atoms with Gasteiger partial charge in [-0.1, -0.05) is 54.6 Å². The van der Waals surface area contributed by atoms with E-state index >= 15 is 0 Å². The highest BCUT2D eigenvalue weighted by molar-refractivity contribution is 5.94. The Morgan fingerprint density at radius 3 is 2.41 bits per heavy atom. The van der Waals surface area contributed by atoms with Gasteiger partial charge in [0.25, 0.3) is 0 Å². The molecule has 0 radical (unpaired) electrons. The van der Waals surface area contributed by atoms with Gasteiger partial charge in [-0.25, -0.2) is 0 Å². The number of para-hydroxylation sites is 2. The summed E-state index contributed by atoms with van der Waals surface area (Å²) in [5.74, 6) is 0.678. The van der Waals surface area contributed by atoms with E-state index in [1.54, 1.807) is 0 Å². The predicted molar refractivity (Wildman–Crippen MR) is 120 cm³/mol. The van der Waals surface area contributed by atoms with Crippen LogP contribution in [0.2, 0.25) is 0 Å². The molecule has 150 valence electrons. The van der Waals surface area contributed by atoms with Crippen LogP contribution in [0.15, 0.2) is 72.8 Å². The van der Waals surface area contributed by atoms with E-state index in [1.807, 2.05) is 62.4 Å². The van der Waals surface area contributed by atoms with Crippen molar-refractivity contribution >= 4 is 17.3 Å². The minimum Gasteiger partial charge on any atom is -0.491 e. The molecule has 0 unspecified atom stereocenters. The lowest BCUT2D eigenvalue weighted by atomic mass is 10.1. The smallest absolute Gasteiger partial charge is 0.243 e. The van der Waals surface area contributed by atoms with E-state index < -0.39 is 0 Å². The molecule has 4 nitrogen and oxygen atoms in total. The molecule has 0 atom stereocenters. The van der Waals surface area contributed by atoms with Crippen molar-refractivity contribution in [3.05, 3.63) is 89.5 Å². The van der Waals surface area contributed by atoms with Crippen LogP contribution in [0.4, 0.5) is 11.4 Å². The van der Waals surface area contributed by atoms with E-state index in [1.165, 1.54) is 5.56 Å². The lowest BCUT2D eigenvalue weighted by Crippen LogP contribution is -2.22. The zero-order valence-corrected chi connectivity index (χ0v) is 17.1. The summed E-state index contributed by atoms with van der Waals surface area (Å²) in [5.41, 5.74) is 5.23. The van der Waals surface area contributed by atoms with Gasteiger partial charge >= 0.3 is 0 Å². The predicted octanol–water partition coefficient (Wildman–Crippen LogP) is 5.37. The van der Waals surface area contributed by atoms with Gasteiger partial charge in [0, 0.05) is 5.69 Å². The van der Waals surface area contributed by atoms with E-state index in [2.05, 4.69) is 34.9 Å². The van der Waals surface area contributed by atoms with Crippen molar-refractivity contribution in [3.8, 4) is 5.75 Å². The second kappa shape index (κ2) is 10.3. The molecular formula is C25H28N2O2. The third kappa shape index (κ3) is 6.11. The van der Waals surface area contributed by atoms with Crippen LogP contribution in [0.5, 0.6) is 5.75 Å². The second-order valence-corrected chi connectivity index (χ2v) is 7.08. The highest BCUT2D eigenvalue weighted by Gasteiger charge is 2.08. The molecule has 2 N–H and O–H groups in total. The van der Waals surface area contributed by atoms with Gasteiger partial charge in [-0.2, -0.15) is 0 Å². The molecule has 4 heteroatoms. The maximum atomic E-state index is 12.4. The quantitative estimate of drug-likeness (QED) is 0.485. The Labute approximate surface area is 172 Å². The Bertz CT molecular complexity index is 939. The molecule has 3 aromatic carbocycles. The summed E-state index contributed by atoms with van der Waals surface area (Å²) in [7, 11) is 0. The Morgan fingerprint density at radius 1 is 0.862 bits per heavy atom. The van der Waals surface area contributed by atoms with Gasteiger partial charge in [0.2, 0.25) is 5.91 Å². The van der Waals surface area contributed by atoms with E-state index in [9.17, 15) is 4.79 Å². The summed E-state index contributed by atoms with van der Waals surface area (Å²) in [4.78, 5) is 12.4. The van der Waals surface area contributed by atoms with Gasteiger partial charge in [0.1, 0.15) is 5.75 Å². The number of benzene rings is 3. The van der Waals surface area contributed by atoms with Crippen molar-refractivity contribution in [1.82, 2.24) is 0 Å². The monoisotopic (exact) mass is 388 g/mol. The van der Waals surface area contributed by atoms with Crippen LogP contribution in [-0.4, -0.2) is 19.1 Å². The van der Waals surface area contributed by atoms with Crippen LogP contribution in [0.1, 0.15) is 23.1 Å². The standard InChI is InChI=1S/C25H28N2O2/c1-19-10-8-15-22(20(19)2)27-25(28)18-26-23-14-6-7-16-24(23)29-17-9-13-21-11-4-3-5-12-21/h3-8,10-12,14-16,26H,9,13,17-18H2,1-2H3,(H,27,28). The average Bonchev–Trinajstić information content (AvgIpc) is 2.74. The van der Waals surface area contributed by atoms with E-state index in [0.717, 1.165) is 41.1 Å². The second-order valence-electron chi connectivity index (χ2n) is 7.08. The average molecular weight is 389 g/mol. The molecule has 0 aromatic heterocycles. The van der Waals surface area contributed by atoms with Crippen LogP contribution >= 0.6 is 0 Å². The zero-order valence-electron chi connectivity index (χ0n) is 17.1. The molecular weight excluding hydrogens is 360 g/mol. The number of carbonyl (C=O) groups excluding carboxylic acids is 1. The van der Waals surface area contributed by atoms with Crippen molar-refractivity contribution in [2.75, 3.05) is 23.8 Å². The summed E-state index contributed by atoms with van der Waals surface area (Å²) < 4.78 is 5.95. The number of carbonyl (C=O) groups is 1. The van der Waals surface area contributed by atoms with Gasteiger partial charge in [-0.3, -0.25) is 4.79 Å². The summed E-state index contributed by atoms with van der Waals surface area (Å²) in [6.45, 7) is 4.85. The summed E-state index contributed by atoms with van der Waals surface area (Å²) in [6.07, 6.45) is 1.92. The maximum absolute atomic E-state index is 12.4. The first-order valence-electron chi connectivity index (χ1n) is 9.99. The fraction of sp³-hybridized carbons (Fsp3) is 0.240. The van der Waals surface area contributed by atoms with Crippen LogP contribution in [-0.2, 0) is 11.2 Å². The fourth-order valence-electron chi connectivity index (χ4n) is 3.10. The lowest BCUT2D eigenvalue weighted by molar-refractivity contribution is -0.114. The van der Waals surface area contributed by atoms with Crippen molar-refractivity contribution in [2.24, 2.45) is 0 Å². The number of hydrogen-bond donors (Lipinski definition) is 2. The van der Waals surface area contributed by atoms with Crippen LogP contribution in [0.3, 0.4) is 0 Å². The minimum atomic E-state index is -0.0856. The highest BCUT2D eigenvalue weighted by atomic mass is 16.5. The lowest BCUT2D eigenvalue weighted by Gasteiger charge is -2.14. The highest BCUT2D eigenvalue weighted by Crippen LogP contribution is 2.24. The Morgan fingerprint density at radius 2 is 1.59 bits per heavy atom. The van der Waals surface area contributed by atoms with Crippen molar-refractivity contribution < 1.29 is 9.53 Å². The van der Waals surface area contributed by atoms with E-state index in [0.29, 0.717) is 6.61 Å². The molecule has 0 spiro atoms. The Balaban J connectivity index is 1.49. The van der Waals surface area contributed by atoms with Gasteiger partial charge in [-0.15, -0.1) is 0 Å². The zero-order chi connectivity index (χ0) is 20.5. The molecule has 1 amide bonds. The third-order valence-electron chi connectivity index (χ3n) is 4.92. The van der Waals surface area contributed by atoms with Crippen molar-refractivity contribution in [3.63, 3.8) is 0 Å². The Hall–Kier alpha value is -3.27. The molecule has 0 heterocycles. The van der Waals surface area contributed by atoms with Crippen molar-refractivity contribution in [2.45, 2.75) is 26.7 Å². The number of hydrogen-bond acceptors (Lipinski definition) is 3. The molecule has 29 heavy (non-hydrogen) atoms. The molecule has 0 aliphatic heterocycles. The van der Waals surface area contributed by atoms with Crippen LogP contribution in [0.25, 0.3) is 0 Å². The van der Waals surface area contributed by atoms with Crippen molar-refractivity contribution in [1.29, 1.82) is 0 Å². The fourth-order valence-corrected chi connectivity index (χ4v) is 3.10. The number of anilines is 2. The molecule has 0 saturated carbocycles. The van der Waals surface area contributed by atoms with Gasteiger partial charge < -0.3 is 15.4 Å². The SMILES string of the molecule is Cc1cccc(NC(=O)CNc2ccccc2OCCCc2ccccc2)c1C. The maximum Gasteiger partial charge on any atom is 0.243 e. The number of nitrogens with one attached hydrogen (secondary N) is 2. The first-order chi connectivity index (χ1) is 14.1. The molecule has 0 aliphatic carbocycles. The first-order valence-corrected chi connectivity index (χ1v) is 9.99. The topological polar surface area (TPSA) is 50.4 Å². The summed E-state index contributed by atoms with van der Waals surface area (Å²) >= 11 is 0. The number of rotatable bonds is 9. The molecule has 3 aromatic rings. The largest absolute Gasteiger partial charge is 0.491 e. The van der Waals surface area contributed by atoms with Gasteiger partial charge in [0.15, 0.2) is 0 Å². The number of aryl methyl sites for hydroxylation is 2. The third-order valence-corrected chi connectivity index (χ3v) is 4.92. The molecule has 3 rings (SSSR count). The van der Waals surface area contributed by atoms with Crippen LogP contribution < -0.4 is 15.4 Å². The number of amides is 1. The normalized spacial score (nSPS) is 10.4. The van der Waals surface area contributed by atoms with E-state index in [4.69, 9.17) is 4.74 Å². The molecule has 0 bridgehead atoms. The van der Waals surface area contributed by atoms with Gasteiger partial charge in [0.05, 0.1) is 18.8 Å². The molecule has 0 saturated heterocycles. The van der Waals surface area contributed by atoms with E-state index in [-0.39, 0.29) is 12.5 Å². The molecule has 0 fully saturated rings.